The van der Waals surface area contributed by atoms with E-state index in [9.17, 15) is 4.79 Å². The summed E-state index contributed by atoms with van der Waals surface area (Å²) in [6.45, 7) is 2.66. The number of carboxylic acids is 1. The van der Waals surface area contributed by atoms with Crippen molar-refractivity contribution in [3.63, 3.8) is 0 Å². The summed E-state index contributed by atoms with van der Waals surface area (Å²) in [5.41, 5.74) is 3.91. The van der Waals surface area contributed by atoms with Crippen molar-refractivity contribution in [1.29, 1.82) is 0 Å². The third kappa shape index (κ3) is 2.79. The largest absolute Gasteiger partial charge is 0.481 e. The number of rotatable bonds is 4. The van der Waals surface area contributed by atoms with Crippen molar-refractivity contribution in [1.82, 2.24) is 9.78 Å². The van der Waals surface area contributed by atoms with Gasteiger partial charge in [0.25, 0.3) is 0 Å². The molecule has 1 heterocycles. The lowest BCUT2D eigenvalue weighted by molar-refractivity contribution is -0.136. The van der Waals surface area contributed by atoms with Gasteiger partial charge in [-0.2, -0.15) is 5.10 Å². The molecule has 0 saturated heterocycles. The van der Waals surface area contributed by atoms with Crippen LogP contribution in [0.2, 0.25) is 0 Å². The van der Waals surface area contributed by atoms with Crippen LogP contribution in [0, 0.1) is 6.92 Å². The van der Waals surface area contributed by atoms with Crippen molar-refractivity contribution in [2.45, 2.75) is 19.9 Å². The number of hydrogen-bond acceptors (Lipinski definition) is 2. The van der Waals surface area contributed by atoms with E-state index in [4.69, 9.17) is 5.11 Å². The summed E-state index contributed by atoms with van der Waals surface area (Å²) >= 11 is 0. The van der Waals surface area contributed by atoms with Crippen LogP contribution in [0.5, 0.6) is 0 Å². The lowest BCUT2D eigenvalue weighted by atomic mass is 10.1. The van der Waals surface area contributed by atoms with E-state index in [1.807, 2.05) is 48.0 Å². The molecule has 0 radical (unpaired) electrons. The number of aliphatic carboxylic acids is 1. The molecule has 1 N–H and O–H groups in total. The first-order chi connectivity index (χ1) is 10.1. The second-order valence-corrected chi connectivity index (χ2v) is 5.15. The van der Waals surface area contributed by atoms with Crippen molar-refractivity contribution in [2.24, 2.45) is 0 Å². The molecule has 4 nitrogen and oxygen atoms in total. The predicted molar refractivity (Wildman–Crippen MR) is 81.4 cm³/mol. The molecule has 0 aliphatic rings. The zero-order chi connectivity index (χ0) is 14.8. The Labute approximate surface area is 122 Å². The molecular weight excluding hydrogens is 264 g/mol. The van der Waals surface area contributed by atoms with E-state index in [0.717, 1.165) is 22.2 Å². The quantitative estimate of drug-likeness (QED) is 0.799. The van der Waals surface area contributed by atoms with Gasteiger partial charge in [-0.25, -0.2) is 0 Å². The highest BCUT2D eigenvalue weighted by molar-refractivity contribution is 5.83. The van der Waals surface area contributed by atoms with Crippen molar-refractivity contribution >= 4 is 16.9 Å². The van der Waals surface area contributed by atoms with Crippen LogP contribution in [0.25, 0.3) is 10.9 Å². The highest BCUT2D eigenvalue weighted by Gasteiger charge is 2.10. The summed E-state index contributed by atoms with van der Waals surface area (Å²) in [7, 11) is 0. The molecule has 3 aromatic rings. The highest BCUT2D eigenvalue weighted by atomic mass is 16.4. The van der Waals surface area contributed by atoms with E-state index in [1.165, 1.54) is 5.56 Å². The molecule has 0 unspecified atom stereocenters. The lowest BCUT2D eigenvalue weighted by Crippen LogP contribution is -2.03. The zero-order valence-electron chi connectivity index (χ0n) is 11.8. The molecule has 0 spiro atoms. The van der Waals surface area contributed by atoms with Gasteiger partial charge in [0, 0.05) is 5.39 Å². The number of carbonyl (C=O) groups is 1. The van der Waals surface area contributed by atoms with Crippen molar-refractivity contribution in [3.8, 4) is 0 Å². The first-order valence-electron chi connectivity index (χ1n) is 6.85. The summed E-state index contributed by atoms with van der Waals surface area (Å²) in [6, 6.07) is 15.9. The third-order valence-corrected chi connectivity index (χ3v) is 3.53. The molecule has 4 heteroatoms. The Morgan fingerprint density at radius 1 is 1.14 bits per heavy atom. The van der Waals surface area contributed by atoms with Crippen LogP contribution >= 0.6 is 0 Å². The molecule has 21 heavy (non-hydrogen) atoms. The number of aromatic nitrogens is 2. The minimum absolute atomic E-state index is 0.0332. The minimum Gasteiger partial charge on any atom is -0.481 e. The Morgan fingerprint density at radius 3 is 2.62 bits per heavy atom. The standard InChI is InChI=1S/C17H16N2O2/c1-12-15-8-7-14(10-17(20)21)9-16(15)19(18-12)11-13-5-3-2-4-6-13/h2-9H,10-11H2,1H3,(H,20,21). The number of benzene rings is 2. The van der Waals surface area contributed by atoms with Gasteiger partial charge in [0.1, 0.15) is 0 Å². The zero-order valence-corrected chi connectivity index (χ0v) is 11.8. The Kier molecular flexibility index (Phi) is 3.44. The molecule has 0 fully saturated rings. The van der Waals surface area contributed by atoms with E-state index in [2.05, 4.69) is 17.2 Å². The normalized spacial score (nSPS) is 10.9. The fourth-order valence-electron chi connectivity index (χ4n) is 2.55. The Bertz CT molecular complexity index is 791. The first-order valence-corrected chi connectivity index (χ1v) is 6.85. The minimum atomic E-state index is -0.819. The molecule has 0 atom stereocenters. The van der Waals surface area contributed by atoms with Crippen LogP contribution in [0.3, 0.4) is 0 Å². The maximum absolute atomic E-state index is 10.9. The number of hydrogen-bond donors (Lipinski definition) is 1. The fourth-order valence-corrected chi connectivity index (χ4v) is 2.55. The number of nitrogens with zero attached hydrogens (tertiary/aromatic N) is 2. The maximum atomic E-state index is 10.9. The Morgan fingerprint density at radius 2 is 1.90 bits per heavy atom. The van der Waals surface area contributed by atoms with Crippen molar-refractivity contribution in [3.05, 3.63) is 65.4 Å². The topological polar surface area (TPSA) is 55.1 Å². The maximum Gasteiger partial charge on any atom is 0.307 e. The van der Waals surface area contributed by atoms with Crippen LogP contribution in [-0.4, -0.2) is 20.9 Å². The molecule has 2 aromatic carbocycles. The summed E-state index contributed by atoms with van der Waals surface area (Å²) in [5.74, 6) is -0.819. The van der Waals surface area contributed by atoms with Crippen molar-refractivity contribution in [2.75, 3.05) is 0 Å². The Balaban J connectivity index is 2.03. The molecule has 0 amide bonds. The number of carboxylic acid groups (broad SMARTS) is 1. The van der Waals surface area contributed by atoms with Gasteiger partial charge in [-0.05, 0) is 24.1 Å². The van der Waals surface area contributed by atoms with Crippen LogP contribution in [-0.2, 0) is 17.8 Å². The van der Waals surface area contributed by atoms with E-state index >= 15 is 0 Å². The number of fused-ring (bicyclic) bond motifs is 1. The average molecular weight is 280 g/mol. The van der Waals surface area contributed by atoms with Gasteiger partial charge >= 0.3 is 5.97 Å². The highest BCUT2D eigenvalue weighted by Crippen LogP contribution is 2.21. The summed E-state index contributed by atoms with van der Waals surface area (Å²) in [4.78, 5) is 10.9. The smallest absolute Gasteiger partial charge is 0.307 e. The molecule has 106 valence electrons. The second-order valence-electron chi connectivity index (χ2n) is 5.15. The molecule has 0 aliphatic heterocycles. The van der Waals surface area contributed by atoms with Crippen LogP contribution < -0.4 is 0 Å². The van der Waals surface area contributed by atoms with Gasteiger partial charge in [-0.15, -0.1) is 0 Å². The first kappa shape index (κ1) is 13.4. The van der Waals surface area contributed by atoms with Gasteiger partial charge in [0.15, 0.2) is 0 Å². The Hall–Kier alpha value is -2.62. The fraction of sp³-hybridized carbons (Fsp3) is 0.176. The van der Waals surface area contributed by atoms with Gasteiger partial charge in [-0.1, -0.05) is 42.5 Å². The van der Waals surface area contributed by atoms with E-state index < -0.39 is 5.97 Å². The van der Waals surface area contributed by atoms with Crippen LogP contribution in [0.4, 0.5) is 0 Å². The molecule has 0 saturated carbocycles. The third-order valence-electron chi connectivity index (χ3n) is 3.53. The van der Waals surface area contributed by atoms with Crippen LogP contribution in [0.1, 0.15) is 16.8 Å². The average Bonchev–Trinajstić information content (AvgIpc) is 2.75. The van der Waals surface area contributed by atoms with Gasteiger partial charge < -0.3 is 5.11 Å². The summed E-state index contributed by atoms with van der Waals surface area (Å²) in [5, 5.41) is 14.6. The monoisotopic (exact) mass is 280 g/mol. The van der Waals surface area contributed by atoms with E-state index in [1.54, 1.807) is 0 Å². The number of aryl methyl sites for hydroxylation is 1. The van der Waals surface area contributed by atoms with Crippen molar-refractivity contribution < 1.29 is 9.90 Å². The molecule has 0 bridgehead atoms. The second kappa shape index (κ2) is 5.40. The van der Waals surface area contributed by atoms with E-state index in [-0.39, 0.29) is 6.42 Å². The molecule has 3 rings (SSSR count). The lowest BCUT2D eigenvalue weighted by Gasteiger charge is -2.05. The molecule has 1 aromatic heterocycles. The van der Waals surface area contributed by atoms with Gasteiger partial charge in [0.05, 0.1) is 24.2 Å². The van der Waals surface area contributed by atoms with Gasteiger partial charge in [0.2, 0.25) is 0 Å². The summed E-state index contributed by atoms with van der Waals surface area (Å²) < 4.78 is 1.94. The van der Waals surface area contributed by atoms with Crippen LogP contribution in [0.15, 0.2) is 48.5 Å². The summed E-state index contributed by atoms with van der Waals surface area (Å²) in [6.07, 6.45) is 0.0332. The molecule has 0 aliphatic carbocycles. The molecular formula is C17H16N2O2. The van der Waals surface area contributed by atoms with Gasteiger partial charge in [-0.3, -0.25) is 9.48 Å². The SMILES string of the molecule is Cc1nn(Cc2ccccc2)c2cc(CC(=O)O)ccc12. The predicted octanol–water partition coefficient (Wildman–Crippen LogP) is 3.02. The van der Waals surface area contributed by atoms with E-state index in [0.29, 0.717) is 6.54 Å².